The maximum absolute atomic E-state index is 12.4. The third-order valence-electron chi connectivity index (χ3n) is 3.92. The van der Waals surface area contributed by atoms with Crippen molar-refractivity contribution in [1.29, 1.82) is 0 Å². The summed E-state index contributed by atoms with van der Waals surface area (Å²) in [5.41, 5.74) is 3.66. The predicted molar refractivity (Wildman–Crippen MR) is 91.5 cm³/mol. The molecule has 24 heavy (non-hydrogen) atoms. The highest BCUT2D eigenvalue weighted by molar-refractivity contribution is 5.94. The first-order chi connectivity index (χ1) is 11.5. The first kappa shape index (κ1) is 15.9. The Hall–Kier alpha value is -2.95. The van der Waals surface area contributed by atoms with E-state index in [2.05, 4.69) is 15.5 Å². The number of hydrogen-bond donors (Lipinski definition) is 1. The smallest absolute Gasteiger partial charge is 0.257 e. The topological polar surface area (TPSA) is 68.0 Å². The minimum Gasteiger partial charge on any atom is -0.346 e. The Balaban J connectivity index is 1.72. The Kier molecular flexibility index (Phi) is 4.42. The van der Waals surface area contributed by atoms with Crippen molar-refractivity contribution in [3.05, 3.63) is 71.0 Å². The van der Waals surface area contributed by atoms with Crippen molar-refractivity contribution in [2.45, 2.75) is 26.8 Å². The number of aryl methyl sites for hydroxylation is 2. The molecule has 1 heterocycles. The third kappa shape index (κ3) is 3.35. The summed E-state index contributed by atoms with van der Waals surface area (Å²) >= 11 is 0. The van der Waals surface area contributed by atoms with Crippen LogP contribution in [0.25, 0.3) is 11.5 Å². The summed E-state index contributed by atoms with van der Waals surface area (Å²) < 4.78 is 5.12. The van der Waals surface area contributed by atoms with Crippen LogP contribution in [-0.4, -0.2) is 16.0 Å². The highest BCUT2D eigenvalue weighted by Crippen LogP contribution is 2.19. The molecule has 0 aliphatic heterocycles. The van der Waals surface area contributed by atoms with Gasteiger partial charge in [0, 0.05) is 11.1 Å². The Labute approximate surface area is 140 Å². The van der Waals surface area contributed by atoms with Crippen molar-refractivity contribution >= 4 is 5.91 Å². The molecule has 0 bridgehead atoms. The molecule has 1 atom stereocenters. The number of aromatic nitrogens is 2. The Morgan fingerprint density at radius 3 is 2.42 bits per heavy atom. The summed E-state index contributed by atoms with van der Waals surface area (Å²) in [6, 6.07) is 15.1. The van der Waals surface area contributed by atoms with Gasteiger partial charge >= 0.3 is 0 Å². The SMILES string of the molecule is Cc1noc(-c2ccc(C(=O)NC(C)c3ccccc3C)cc2)n1. The third-order valence-corrected chi connectivity index (χ3v) is 3.92. The molecule has 0 aliphatic rings. The number of benzene rings is 2. The maximum Gasteiger partial charge on any atom is 0.257 e. The lowest BCUT2D eigenvalue weighted by Crippen LogP contribution is -2.27. The fraction of sp³-hybridized carbons (Fsp3) is 0.211. The van der Waals surface area contributed by atoms with Crippen LogP contribution in [0, 0.1) is 13.8 Å². The van der Waals surface area contributed by atoms with Crippen molar-refractivity contribution in [3.63, 3.8) is 0 Å². The quantitative estimate of drug-likeness (QED) is 0.792. The average Bonchev–Trinajstić information content (AvgIpc) is 3.02. The van der Waals surface area contributed by atoms with Gasteiger partial charge in [0.05, 0.1) is 6.04 Å². The summed E-state index contributed by atoms with van der Waals surface area (Å²) in [7, 11) is 0. The molecule has 5 heteroatoms. The van der Waals surface area contributed by atoms with E-state index in [-0.39, 0.29) is 11.9 Å². The van der Waals surface area contributed by atoms with Gasteiger partial charge in [-0.05, 0) is 56.2 Å². The van der Waals surface area contributed by atoms with E-state index in [0.29, 0.717) is 17.3 Å². The van der Waals surface area contributed by atoms with Gasteiger partial charge in [-0.15, -0.1) is 0 Å². The zero-order chi connectivity index (χ0) is 17.1. The molecule has 0 aliphatic carbocycles. The fourth-order valence-corrected chi connectivity index (χ4v) is 2.61. The van der Waals surface area contributed by atoms with Crippen LogP contribution in [0.2, 0.25) is 0 Å². The van der Waals surface area contributed by atoms with Crippen LogP contribution in [0.4, 0.5) is 0 Å². The highest BCUT2D eigenvalue weighted by atomic mass is 16.5. The van der Waals surface area contributed by atoms with E-state index >= 15 is 0 Å². The molecular formula is C19H19N3O2. The Morgan fingerprint density at radius 2 is 1.79 bits per heavy atom. The fourth-order valence-electron chi connectivity index (χ4n) is 2.61. The maximum atomic E-state index is 12.4. The summed E-state index contributed by atoms with van der Waals surface area (Å²) in [4.78, 5) is 16.6. The van der Waals surface area contributed by atoms with Gasteiger partial charge in [0.2, 0.25) is 0 Å². The molecule has 0 saturated carbocycles. The van der Waals surface area contributed by atoms with Gasteiger partial charge in [0.15, 0.2) is 5.82 Å². The second-order valence-electron chi connectivity index (χ2n) is 5.78. The lowest BCUT2D eigenvalue weighted by atomic mass is 10.0. The van der Waals surface area contributed by atoms with E-state index in [4.69, 9.17) is 4.52 Å². The Bertz CT molecular complexity index is 853. The molecule has 0 radical (unpaired) electrons. The number of carbonyl (C=O) groups is 1. The molecule has 1 N–H and O–H groups in total. The minimum absolute atomic E-state index is 0.0584. The zero-order valence-electron chi connectivity index (χ0n) is 13.9. The van der Waals surface area contributed by atoms with Crippen LogP contribution in [-0.2, 0) is 0 Å². The van der Waals surface area contributed by atoms with Gasteiger partial charge < -0.3 is 9.84 Å². The van der Waals surface area contributed by atoms with Crippen LogP contribution >= 0.6 is 0 Å². The summed E-state index contributed by atoms with van der Waals surface area (Å²) in [6.07, 6.45) is 0. The minimum atomic E-state index is -0.112. The van der Waals surface area contributed by atoms with E-state index in [0.717, 1.165) is 16.7 Å². The van der Waals surface area contributed by atoms with Gasteiger partial charge in [-0.1, -0.05) is 29.4 Å². The molecular weight excluding hydrogens is 302 g/mol. The van der Waals surface area contributed by atoms with Crippen LogP contribution < -0.4 is 5.32 Å². The molecule has 1 unspecified atom stereocenters. The normalized spacial score (nSPS) is 12.0. The second-order valence-corrected chi connectivity index (χ2v) is 5.78. The van der Waals surface area contributed by atoms with Crippen molar-refractivity contribution in [2.24, 2.45) is 0 Å². The molecule has 0 spiro atoms. The number of rotatable bonds is 4. The first-order valence-electron chi connectivity index (χ1n) is 7.82. The van der Waals surface area contributed by atoms with Crippen molar-refractivity contribution < 1.29 is 9.32 Å². The molecule has 5 nitrogen and oxygen atoms in total. The number of nitrogens with one attached hydrogen (secondary N) is 1. The standard InChI is InChI=1S/C19H19N3O2/c1-12-6-4-5-7-17(12)13(2)20-18(23)15-8-10-16(11-9-15)19-21-14(3)22-24-19/h4-11,13H,1-3H3,(H,20,23). The monoisotopic (exact) mass is 321 g/mol. The van der Waals surface area contributed by atoms with Crippen LogP contribution in [0.1, 0.15) is 40.3 Å². The van der Waals surface area contributed by atoms with Gasteiger partial charge in [0.25, 0.3) is 11.8 Å². The van der Waals surface area contributed by atoms with Gasteiger partial charge in [0.1, 0.15) is 0 Å². The van der Waals surface area contributed by atoms with Crippen molar-refractivity contribution in [1.82, 2.24) is 15.5 Å². The molecule has 0 saturated heterocycles. The van der Waals surface area contributed by atoms with Crippen molar-refractivity contribution in [3.8, 4) is 11.5 Å². The summed E-state index contributed by atoms with van der Waals surface area (Å²) in [5.74, 6) is 0.922. The number of amides is 1. The molecule has 1 aromatic heterocycles. The largest absolute Gasteiger partial charge is 0.346 e. The predicted octanol–water partition coefficient (Wildman–Crippen LogP) is 3.84. The number of nitrogens with zero attached hydrogens (tertiary/aromatic N) is 2. The molecule has 0 fully saturated rings. The van der Waals surface area contributed by atoms with E-state index < -0.39 is 0 Å². The van der Waals surface area contributed by atoms with Crippen LogP contribution in [0.5, 0.6) is 0 Å². The van der Waals surface area contributed by atoms with Gasteiger partial charge in [-0.25, -0.2) is 0 Å². The lowest BCUT2D eigenvalue weighted by Gasteiger charge is -2.16. The number of hydrogen-bond acceptors (Lipinski definition) is 4. The van der Waals surface area contributed by atoms with Crippen LogP contribution in [0.3, 0.4) is 0 Å². The number of carbonyl (C=O) groups excluding carboxylic acids is 1. The van der Waals surface area contributed by atoms with Gasteiger partial charge in [-0.2, -0.15) is 4.98 Å². The molecule has 3 aromatic rings. The molecule has 2 aromatic carbocycles. The van der Waals surface area contributed by atoms with Crippen LogP contribution in [0.15, 0.2) is 53.1 Å². The molecule has 1 amide bonds. The molecule has 3 rings (SSSR count). The average molecular weight is 321 g/mol. The summed E-state index contributed by atoms with van der Waals surface area (Å²) in [5, 5.41) is 6.79. The highest BCUT2D eigenvalue weighted by Gasteiger charge is 2.13. The second kappa shape index (κ2) is 6.66. The molecule has 122 valence electrons. The van der Waals surface area contributed by atoms with E-state index in [9.17, 15) is 4.79 Å². The summed E-state index contributed by atoms with van der Waals surface area (Å²) in [6.45, 7) is 5.79. The van der Waals surface area contributed by atoms with Gasteiger partial charge in [-0.3, -0.25) is 4.79 Å². The lowest BCUT2D eigenvalue weighted by molar-refractivity contribution is 0.0940. The van der Waals surface area contributed by atoms with E-state index in [1.165, 1.54) is 0 Å². The van der Waals surface area contributed by atoms with Crippen molar-refractivity contribution in [2.75, 3.05) is 0 Å². The zero-order valence-corrected chi connectivity index (χ0v) is 13.9. The first-order valence-corrected chi connectivity index (χ1v) is 7.82. The van der Waals surface area contributed by atoms with E-state index in [1.54, 1.807) is 31.2 Å². The Morgan fingerprint density at radius 1 is 1.08 bits per heavy atom. The van der Waals surface area contributed by atoms with E-state index in [1.807, 2.05) is 38.1 Å².